The van der Waals surface area contributed by atoms with Crippen LogP contribution in [0.3, 0.4) is 0 Å². The summed E-state index contributed by atoms with van der Waals surface area (Å²) in [4.78, 5) is 37.2. The van der Waals surface area contributed by atoms with Crippen LogP contribution in [0.1, 0.15) is 45.2 Å². The number of nitrogens with zero attached hydrogens (tertiary/aromatic N) is 1. The summed E-state index contributed by atoms with van der Waals surface area (Å²) in [5.41, 5.74) is -1.13. The van der Waals surface area contributed by atoms with Gasteiger partial charge in [0.2, 0.25) is 0 Å². The molecular formula is C19H25F2NO6. The molecule has 156 valence electrons. The first-order valence-corrected chi connectivity index (χ1v) is 8.56. The fourth-order valence-electron chi connectivity index (χ4n) is 2.41. The molecule has 1 atom stereocenters. The lowest BCUT2D eigenvalue weighted by Gasteiger charge is -2.33. The van der Waals surface area contributed by atoms with Gasteiger partial charge in [0.15, 0.2) is 0 Å². The molecule has 0 fully saturated rings. The molecule has 0 radical (unpaired) electrons. The summed E-state index contributed by atoms with van der Waals surface area (Å²) in [5, 5.41) is 0. The molecule has 0 aliphatic carbocycles. The van der Waals surface area contributed by atoms with Crippen molar-refractivity contribution in [3.05, 3.63) is 35.4 Å². The summed E-state index contributed by atoms with van der Waals surface area (Å²) < 4.78 is 42.7. The Hall–Kier alpha value is -2.71. The second-order valence-corrected chi connectivity index (χ2v) is 6.96. The minimum Gasteiger partial charge on any atom is -0.469 e. The number of hydrogen-bond acceptors (Lipinski definition) is 6. The largest absolute Gasteiger partial charge is 0.469 e. The van der Waals surface area contributed by atoms with Gasteiger partial charge in [-0.3, -0.25) is 14.5 Å². The third kappa shape index (κ3) is 7.13. The standard InChI is InChI=1S/C19H25F2NO6/c1-19(2,3)28-18(25)22(9-8-16(23)26-4)15(11-17(24)27-5)13-10-12(20)6-7-14(13)21/h6-7,10,15H,8-9,11H2,1-5H3. The van der Waals surface area contributed by atoms with Crippen LogP contribution in [0, 0.1) is 11.6 Å². The minimum absolute atomic E-state index is 0.232. The summed E-state index contributed by atoms with van der Waals surface area (Å²) in [7, 11) is 2.31. The van der Waals surface area contributed by atoms with Crippen molar-refractivity contribution in [2.24, 2.45) is 0 Å². The maximum atomic E-state index is 14.4. The Bertz CT molecular complexity index is 717. The molecule has 0 saturated heterocycles. The van der Waals surface area contributed by atoms with Crippen LogP contribution in [-0.4, -0.2) is 49.3 Å². The summed E-state index contributed by atoms with van der Waals surface area (Å²) in [6.07, 6.45) is -1.59. The van der Waals surface area contributed by atoms with Gasteiger partial charge in [-0.2, -0.15) is 0 Å². The molecule has 7 nitrogen and oxygen atoms in total. The van der Waals surface area contributed by atoms with E-state index in [2.05, 4.69) is 9.47 Å². The first-order valence-electron chi connectivity index (χ1n) is 8.56. The SMILES string of the molecule is COC(=O)CCN(C(=O)OC(C)(C)C)C(CC(=O)OC)c1cc(F)ccc1F. The van der Waals surface area contributed by atoms with Crippen molar-refractivity contribution in [1.29, 1.82) is 0 Å². The van der Waals surface area contributed by atoms with Gasteiger partial charge < -0.3 is 14.2 Å². The van der Waals surface area contributed by atoms with E-state index in [0.29, 0.717) is 0 Å². The lowest BCUT2D eigenvalue weighted by molar-refractivity contribution is -0.142. The zero-order valence-electron chi connectivity index (χ0n) is 16.6. The van der Waals surface area contributed by atoms with E-state index < -0.39 is 47.7 Å². The number of halogens is 2. The van der Waals surface area contributed by atoms with Crippen LogP contribution in [0.4, 0.5) is 13.6 Å². The van der Waals surface area contributed by atoms with Gasteiger partial charge in [0, 0.05) is 12.1 Å². The average molecular weight is 401 g/mol. The van der Waals surface area contributed by atoms with E-state index in [1.54, 1.807) is 20.8 Å². The minimum atomic E-state index is -1.25. The lowest BCUT2D eigenvalue weighted by Crippen LogP contribution is -2.41. The van der Waals surface area contributed by atoms with Gasteiger partial charge in [0.25, 0.3) is 0 Å². The van der Waals surface area contributed by atoms with Crippen LogP contribution in [0.15, 0.2) is 18.2 Å². The molecule has 1 aromatic rings. The van der Waals surface area contributed by atoms with E-state index in [4.69, 9.17) is 4.74 Å². The predicted molar refractivity (Wildman–Crippen MR) is 95.3 cm³/mol. The zero-order chi connectivity index (χ0) is 21.5. The van der Waals surface area contributed by atoms with Crippen LogP contribution >= 0.6 is 0 Å². The molecule has 28 heavy (non-hydrogen) atoms. The fourth-order valence-corrected chi connectivity index (χ4v) is 2.41. The van der Waals surface area contributed by atoms with Crippen molar-refractivity contribution in [2.75, 3.05) is 20.8 Å². The summed E-state index contributed by atoms with van der Waals surface area (Å²) in [5.74, 6) is -2.93. The van der Waals surface area contributed by atoms with E-state index in [-0.39, 0.29) is 18.5 Å². The molecule has 0 spiro atoms. The predicted octanol–water partition coefficient (Wildman–Crippen LogP) is 3.37. The molecule has 0 aliphatic rings. The van der Waals surface area contributed by atoms with Crippen LogP contribution < -0.4 is 0 Å². The third-order valence-corrected chi connectivity index (χ3v) is 3.69. The van der Waals surface area contributed by atoms with Gasteiger partial charge in [-0.05, 0) is 39.0 Å². The number of carbonyl (C=O) groups is 3. The molecule has 0 bridgehead atoms. The number of methoxy groups -OCH3 is 2. The van der Waals surface area contributed by atoms with Gasteiger partial charge in [0.1, 0.15) is 17.2 Å². The topological polar surface area (TPSA) is 82.1 Å². The molecule has 0 saturated carbocycles. The molecule has 0 heterocycles. The van der Waals surface area contributed by atoms with Crippen molar-refractivity contribution in [3.63, 3.8) is 0 Å². The van der Waals surface area contributed by atoms with Crippen LogP contribution in [0.2, 0.25) is 0 Å². The molecule has 1 rings (SSSR count). The third-order valence-electron chi connectivity index (χ3n) is 3.69. The van der Waals surface area contributed by atoms with Gasteiger partial charge in [0.05, 0.1) is 33.1 Å². The average Bonchev–Trinajstić information content (AvgIpc) is 2.60. The lowest BCUT2D eigenvalue weighted by atomic mass is 10.0. The Morgan fingerprint density at radius 1 is 1.07 bits per heavy atom. The molecular weight excluding hydrogens is 376 g/mol. The highest BCUT2D eigenvalue weighted by molar-refractivity contribution is 5.75. The number of amides is 1. The van der Waals surface area contributed by atoms with Gasteiger partial charge >= 0.3 is 18.0 Å². The Morgan fingerprint density at radius 2 is 1.68 bits per heavy atom. The first kappa shape index (κ1) is 23.3. The highest BCUT2D eigenvalue weighted by Crippen LogP contribution is 2.30. The Kier molecular flexibility index (Phi) is 8.34. The Balaban J connectivity index is 3.37. The van der Waals surface area contributed by atoms with E-state index >= 15 is 0 Å². The van der Waals surface area contributed by atoms with Crippen LogP contribution in [-0.2, 0) is 23.8 Å². The Labute approximate surface area is 162 Å². The van der Waals surface area contributed by atoms with Gasteiger partial charge in [-0.15, -0.1) is 0 Å². The quantitative estimate of drug-likeness (QED) is 0.515. The van der Waals surface area contributed by atoms with E-state index in [0.717, 1.165) is 30.2 Å². The number of hydrogen-bond donors (Lipinski definition) is 0. The first-order chi connectivity index (χ1) is 13.0. The monoisotopic (exact) mass is 401 g/mol. The van der Waals surface area contributed by atoms with Crippen molar-refractivity contribution in [1.82, 2.24) is 4.90 Å². The smallest absolute Gasteiger partial charge is 0.410 e. The van der Waals surface area contributed by atoms with E-state index in [1.165, 1.54) is 7.11 Å². The zero-order valence-corrected chi connectivity index (χ0v) is 16.6. The Morgan fingerprint density at radius 3 is 2.21 bits per heavy atom. The van der Waals surface area contributed by atoms with Crippen molar-refractivity contribution in [3.8, 4) is 0 Å². The number of benzene rings is 1. The van der Waals surface area contributed by atoms with Crippen molar-refractivity contribution < 1.29 is 37.4 Å². The molecule has 0 aliphatic heterocycles. The fraction of sp³-hybridized carbons (Fsp3) is 0.526. The van der Waals surface area contributed by atoms with Crippen molar-refractivity contribution >= 4 is 18.0 Å². The van der Waals surface area contributed by atoms with Crippen LogP contribution in [0.5, 0.6) is 0 Å². The molecule has 9 heteroatoms. The molecule has 1 unspecified atom stereocenters. The number of carbonyl (C=O) groups excluding carboxylic acids is 3. The molecule has 1 amide bonds. The summed E-state index contributed by atoms with van der Waals surface area (Å²) >= 11 is 0. The maximum Gasteiger partial charge on any atom is 0.410 e. The second-order valence-electron chi connectivity index (χ2n) is 6.96. The molecule has 0 aromatic heterocycles. The number of esters is 2. The van der Waals surface area contributed by atoms with Crippen molar-refractivity contribution in [2.45, 2.75) is 45.3 Å². The normalized spacial score (nSPS) is 12.1. The summed E-state index contributed by atoms with van der Waals surface area (Å²) in [6, 6.07) is 1.45. The molecule has 0 N–H and O–H groups in total. The van der Waals surface area contributed by atoms with Gasteiger partial charge in [-0.25, -0.2) is 13.6 Å². The van der Waals surface area contributed by atoms with Gasteiger partial charge in [-0.1, -0.05) is 0 Å². The maximum absolute atomic E-state index is 14.4. The highest BCUT2D eigenvalue weighted by Gasteiger charge is 2.33. The second kappa shape index (κ2) is 10.0. The highest BCUT2D eigenvalue weighted by atomic mass is 19.1. The number of rotatable bonds is 7. The number of ether oxygens (including phenoxy) is 3. The summed E-state index contributed by atoms with van der Waals surface area (Å²) in [6.45, 7) is 4.64. The van der Waals surface area contributed by atoms with E-state index in [9.17, 15) is 23.2 Å². The van der Waals surface area contributed by atoms with E-state index in [1.807, 2.05) is 0 Å². The van der Waals surface area contributed by atoms with Crippen LogP contribution in [0.25, 0.3) is 0 Å². The molecule has 1 aromatic carbocycles.